The van der Waals surface area contributed by atoms with E-state index >= 15 is 0 Å². The van der Waals surface area contributed by atoms with Gasteiger partial charge in [-0.15, -0.1) is 0 Å². The lowest BCUT2D eigenvalue weighted by molar-refractivity contribution is 0.0861. The van der Waals surface area contributed by atoms with E-state index in [1.165, 1.54) is 34.1 Å². The van der Waals surface area contributed by atoms with Crippen molar-refractivity contribution in [2.45, 2.75) is 44.6 Å². The summed E-state index contributed by atoms with van der Waals surface area (Å²) in [6, 6.07) is 9.62. The van der Waals surface area contributed by atoms with Crippen LogP contribution in [0.2, 0.25) is 0 Å². The Morgan fingerprint density at radius 2 is 2.33 bits per heavy atom. The van der Waals surface area contributed by atoms with E-state index in [4.69, 9.17) is 0 Å². The number of rotatable bonds is 4. The number of nitrogens with one attached hydrogen (secondary N) is 1. The van der Waals surface area contributed by atoms with Crippen molar-refractivity contribution in [1.82, 2.24) is 9.88 Å². The molecular weight excluding hydrogens is 294 g/mol. The third-order valence-electron chi connectivity index (χ3n) is 5.91. The monoisotopic (exact) mass is 319 g/mol. The zero-order chi connectivity index (χ0) is 16.7. The molecule has 0 amide bonds. The maximum absolute atomic E-state index is 9.19. The second-order valence-electron chi connectivity index (χ2n) is 7.33. The number of nitrogens with zero attached hydrogens (tertiary/aromatic N) is 2. The normalized spacial score (nSPS) is 26.1. The average Bonchev–Trinajstić information content (AvgIpc) is 2.96. The minimum atomic E-state index is 0.498. The first-order valence-corrected chi connectivity index (χ1v) is 9.13. The third-order valence-corrected chi connectivity index (χ3v) is 5.91. The summed E-state index contributed by atoms with van der Waals surface area (Å²) in [6.45, 7) is 8.46. The Morgan fingerprint density at radius 3 is 3.08 bits per heavy atom. The summed E-state index contributed by atoms with van der Waals surface area (Å²) in [5.41, 5.74) is 5.34. The van der Waals surface area contributed by atoms with Gasteiger partial charge in [-0.1, -0.05) is 25.6 Å². The molecule has 0 spiro atoms. The van der Waals surface area contributed by atoms with E-state index in [-0.39, 0.29) is 0 Å². The largest absolute Gasteiger partial charge is 0.355 e. The highest BCUT2D eigenvalue weighted by Gasteiger charge is 2.40. The van der Waals surface area contributed by atoms with E-state index in [2.05, 4.69) is 47.7 Å². The first-order valence-electron chi connectivity index (χ1n) is 9.13. The summed E-state index contributed by atoms with van der Waals surface area (Å²) in [6.07, 6.45) is 6.05. The number of aromatic nitrogens is 1. The van der Waals surface area contributed by atoms with Crippen LogP contribution in [0.3, 0.4) is 0 Å². The number of benzene rings is 1. The highest BCUT2D eigenvalue weighted by atomic mass is 15.2. The van der Waals surface area contributed by atoms with Crippen LogP contribution >= 0.6 is 0 Å². The molecule has 3 nitrogen and oxygen atoms in total. The highest BCUT2D eigenvalue weighted by Crippen LogP contribution is 2.46. The van der Waals surface area contributed by atoms with Gasteiger partial charge in [0.25, 0.3) is 0 Å². The molecule has 24 heavy (non-hydrogen) atoms. The molecule has 3 atom stereocenters. The molecule has 0 bridgehead atoms. The summed E-state index contributed by atoms with van der Waals surface area (Å²) in [4.78, 5) is 6.20. The number of hydrogen-bond acceptors (Lipinski definition) is 2. The van der Waals surface area contributed by atoms with Crippen LogP contribution in [-0.2, 0) is 6.42 Å². The van der Waals surface area contributed by atoms with Crippen molar-refractivity contribution in [3.63, 3.8) is 0 Å². The maximum atomic E-state index is 9.19. The molecule has 0 saturated carbocycles. The molecule has 0 unspecified atom stereocenters. The van der Waals surface area contributed by atoms with Gasteiger partial charge >= 0.3 is 0 Å². The lowest BCUT2D eigenvalue weighted by Gasteiger charge is -2.47. The van der Waals surface area contributed by atoms with Crippen molar-refractivity contribution in [3.05, 3.63) is 41.6 Å². The predicted molar refractivity (Wildman–Crippen MR) is 98.8 cm³/mol. The van der Waals surface area contributed by atoms with Gasteiger partial charge in [-0.25, -0.2) is 0 Å². The zero-order valence-corrected chi connectivity index (χ0v) is 14.4. The molecular formula is C21H25N3. The Kier molecular flexibility index (Phi) is 3.94. The quantitative estimate of drug-likeness (QED) is 0.904. The van der Waals surface area contributed by atoms with Gasteiger partial charge in [0.05, 0.1) is 6.07 Å². The SMILES string of the molecule is C=Cc1[nH]c2cccc3c2c1C[C@@H]1[C@@H]3C[C@@H](CC#N)CN1CCC. The summed E-state index contributed by atoms with van der Waals surface area (Å²) >= 11 is 0. The van der Waals surface area contributed by atoms with Crippen LogP contribution in [0.4, 0.5) is 0 Å². The van der Waals surface area contributed by atoms with Gasteiger partial charge in [0, 0.05) is 41.5 Å². The summed E-state index contributed by atoms with van der Waals surface area (Å²) in [7, 11) is 0. The van der Waals surface area contributed by atoms with Crippen LogP contribution < -0.4 is 0 Å². The highest BCUT2D eigenvalue weighted by molar-refractivity contribution is 5.91. The van der Waals surface area contributed by atoms with Crippen molar-refractivity contribution in [3.8, 4) is 6.07 Å². The van der Waals surface area contributed by atoms with Gasteiger partial charge in [0.2, 0.25) is 0 Å². The molecule has 1 aliphatic heterocycles. The number of H-pyrrole nitrogens is 1. The fourth-order valence-corrected chi connectivity index (χ4v) is 5.01. The molecule has 1 aromatic heterocycles. The van der Waals surface area contributed by atoms with E-state index in [9.17, 15) is 5.26 Å². The van der Waals surface area contributed by atoms with E-state index < -0.39 is 0 Å². The van der Waals surface area contributed by atoms with E-state index in [1.807, 2.05) is 6.08 Å². The zero-order valence-electron chi connectivity index (χ0n) is 14.4. The Morgan fingerprint density at radius 1 is 1.46 bits per heavy atom. The number of hydrogen-bond donors (Lipinski definition) is 1. The van der Waals surface area contributed by atoms with E-state index in [1.54, 1.807) is 0 Å². The molecule has 1 fully saturated rings. The standard InChI is InChI=1S/C21H25N3/c1-3-10-24-13-14(8-9-22)11-16-15-6-5-7-19-21(15)17(12-20(16)24)18(4-2)23-19/h4-7,14,16,20,23H,2-3,8,10-13H2,1H3/t14-,16-,20-/m1/s1. The van der Waals surface area contributed by atoms with Crippen LogP contribution in [0.5, 0.6) is 0 Å². The molecule has 2 aliphatic rings. The molecule has 1 saturated heterocycles. The molecule has 124 valence electrons. The molecule has 1 aromatic carbocycles. The molecule has 1 aliphatic carbocycles. The Bertz CT molecular complexity index is 810. The molecule has 0 radical (unpaired) electrons. The maximum Gasteiger partial charge on any atom is 0.0625 e. The van der Waals surface area contributed by atoms with Crippen LogP contribution in [0.15, 0.2) is 24.8 Å². The number of piperidine rings is 1. The lowest BCUT2D eigenvalue weighted by Crippen LogP contribution is -2.50. The van der Waals surface area contributed by atoms with Crippen LogP contribution in [0.1, 0.15) is 48.9 Å². The third kappa shape index (κ3) is 2.29. The molecule has 3 heteroatoms. The Balaban J connectivity index is 1.83. The smallest absolute Gasteiger partial charge is 0.0625 e. The van der Waals surface area contributed by atoms with Crippen LogP contribution in [0.25, 0.3) is 17.0 Å². The Hall–Kier alpha value is -2.05. The lowest BCUT2D eigenvalue weighted by atomic mass is 9.71. The first-order chi connectivity index (χ1) is 11.8. The van der Waals surface area contributed by atoms with Crippen molar-refractivity contribution < 1.29 is 0 Å². The van der Waals surface area contributed by atoms with Gasteiger partial charge in [0.15, 0.2) is 0 Å². The second kappa shape index (κ2) is 6.11. The number of likely N-dealkylation sites (tertiary alicyclic amines) is 1. The number of aromatic amines is 1. The van der Waals surface area contributed by atoms with Crippen LogP contribution in [-0.4, -0.2) is 29.0 Å². The van der Waals surface area contributed by atoms with Gasteiger partial charge < -0.3 is 4.98 Å². The van der Waals surface area contributed by atoms with Gasteiger partial charge in [-0.05, 0) is 55.0 Å². The molecule has 1 N–H and O–H groups in total. The van der Waals surface area contributed by atoms with E-state index in [0.29, 0.717) is 24.3 Å². The van der Waals surface area contributed by atoms with Crippen molar-refractivity contribution in [2.24, 2.45) is 5.92 Å². The molecule has 2 heterocycles. The average molecular weight is 319 g/mol. The van der Waals surface area contributed by atoms with Crippen molar-refractivity contribution in [2.75, 3.05) is 13.1 Å². The second-order valence-corrected chi connectivity index (χ2v) is 7.33. The predicted octanol–water partition coefficient (Wildman–Crippen LogP) is 4.46. The Labute approximate surface area is 144 Å². The van der Waals surface area contributed by atoms with Crippen LogP contribution in [0, 0.1) is 17.2 Å². The first kappa shape index (κ1) is 15.5. The van der Waals surface area contributed by atoms with E-state index in [0.717, 1.165) is 25.9 Å². The van der Waals surface area contributed by atoms with Gasteiger partial charge in [0.1, 0.15) is 0 Å². The molecule has 4 rings (SSSR count). The number of nitriles is 1. The van der Waals surface area contributed by atoms with Gasteiger partial charge in [-0.2, -0.15) is 5.26 Å². The van der Waals surface area contributed by atoms with Gasteiger partial charge in [-0.3, -0.25) is 4.90 Å². The minimum Gasteiger partial charge on any atom is -0.355 e. The summed E-state index contributed by atoms with van der Waals surface area (Å²) < 4.78 is 0. The summed E-state index contributed by atoms with van der Waals surface area (Å²) in [5.74, 6) is 1.05. The fraction of sp³-hybridized carbons (Fsp3) is 0.476. The number of fused-ring (bicyclic) bond motifs is 2. The fourth-order valence-electron chi connectivity index (χ4n) is 5.01. The topological polar surface area (TPSA) is 42.8 Å². The van der Waals surface area contributed by atoms with Crippen molar-refractivity contribution >= 4 is 17.0 Å². The minimum absolute atomic E-state index is 0.498. The molecule has 2 aromatic rings. The summed E-state index contributed by atoms with van der Waals surface area (Å²) in [5, 5.41) is 10.6. The van der Waals surface area contributed by atoms with Crippen molar-refractivity contribution in [1.29, 1.82) is 5.26 Å².